The van der Waals surface area contributed by atoms with Crippen LogP contribution in [0.5, 0.6) is 5.75 Å². The molecule has 4 aromatic rings. The van der Waals surface area contributed by atoms with E-state index in [-0.39, 0.29) is 23.5 Å². The summed E-state index contributed by atoms with van der Waals surface area (Å²) in [6, 6.07) is 14.7. The fraction of sp³-hybridized carbons (Fsp3) is 0.296. The molecule has 4 heterocycles. The number of carboxylic acid groups (broad SMARTS) is 1. The molecule has 0 radical (unpaired) electrons. The smallest absolute Gasteiger partial charge is 0.387 e. The molecule has 3 aromatic heterocycles. The van der Waals surface area contributed by atoms with E-state index in [2.05, 4.69) is 14.9 Å². The molecule has 2 fully saturated rings. The first-order valence-electron chi connectivity index (χ1n) is 11.8. The first-order valence-corrected chi connectivity index (χ1v) is 11.8. The number of carbonyl (C=O) groups is 1. The van der Waals surface area contributed by atoms with Crippen molar-refractivity contribution < 1.29 is 23.4 Å². The molecule has 6 rings (SSSR count). The topological polar surface area (TPSA) is 80.0 Å². The Morgan fingerprint density at radius 2 is 1.86 bits per heavy atom. The van der Waals surface area contributed by atoms with E-state index in [1.807, 2.05) is 48.0 Å². The normalized spacial score (nSPS) is 20.7. The zero-order chi connectivity index (χ0) is 25.0. The van der Waals surface area contributed by atoms with Gasteiger partial charge in [-0.15, -0.1) is 0 Å². The van der Waals surface area contributed by atoms with Crippen LogP contribution in [0.15, 0.2) is 60.9 Å². The summed E-state index contributed by atoms with van der Waals surface area (Å²) in [4.78, 5) is 22.7. The molecule has 1 aliphatic heterocycles. The first-order chi connectivity index (χ1) is 17.4. The Labute approximate surface area is 206 Å². The summed E-state index contributed by atoms with van der Waals surface area (Å²) >= 11 is 0. The number of nitrogens with zero attached hydrogens (tertiary/aromatic N) is 4. The number of ether oxygens (including phenoxy) is 1. The number of rotatable bonds is 7. The molecule has 1 N–H and O–H groups in total. The Morgan fingerprint density at radius 3 is 2.56 bits per heavy atom. The lowest BCUT2D eigenvalue weighted by Gasteiger charge is -2.20. The van der Waals surface area contributed by atoms with Gasteiger partial charge in [-0.1, -0.05) is 18.2 Å². The second kappa shape index (κ2) is 8.58. The molecule has 0 bridgehead atoms. The molecule has 1 saturated heterocycles. The lowest BCUT2D eigenvalue weighted by molar-refractivity contribution is -0.139. The molecule has 9 heteroatoms. The van der Waals surface area contributed by atoms with E-state index in [4.69, 9.17) is 4.74 Å². The van der Waals surface area contributed by atoms with Gasteiger partial charge in [0.2, 0.25) is 0 Å². The van der Waals surface area contributed by atoms with Crippen molar-refractivity contribution in [3.05, 3.63) is 77.9 Å². The summed E-state index contributed by atoms with van der Waals surface area (Å²) in [6.45, 7) is 0.481. The fourth-order valence-electron chi connectivity index (χ4n) is 5.46. The first kappa shape index (κ1) is 22.5. The molecule has 1 unspecified atom stereocenters. The van der Waals surface area contributed by atoms with Gasteiger partial charge in [0.1, 0.15) is 17.2 Å². The van der Waals surface area contributed by atoms with E-state index >= 15 is 0 Å². The van der Waals surface area contributed by atoms with E-state index in [9.17, 15) is 18.7 Å². The van der Waals surface area contributed by atoms with Gasteiger partial charge >= 0.3 is 12.6 Å². The molecule has 36 heavy (non-hydrogen) atoms. The predicted molar refractivity (Wildman–Crippen MR) is 129 cm³/mol. The lowest BCUT2D eigenvalue weighted by Crippen LogP contribution is -2.26. The van der Waals surface area contributed by atoms with Gasteiger partial charge in [0.15, 0.2) is 0 Å². The van der Waals surface area contributed by atoms with Crippen LogP contribution < -0.4 is 9.64 Å². The van der Waals surface area contributed by atoms with Crippen LogP contribution in [0.4, 0.5) is 14.6 Å². The van der Waals surface area contributed by atoms with Crippen LogP contribution in [-0.2, 0) is 11.2 Å². The highest BCUT2D eigenvalue weighted by Crippen LogP contribution is 2.52. The second-order valence-electron chi connectivity index (χ2n) is 9.45. The summed E-state index contributed by atoms with van der Waals surface area (Å²) in [5.74, 6) is 0.575. The molecule has 3 atom stereocenters. The standard InChI is InChI=1S/C27H24F2N4O3/c1-15-21(10-16-4-2-3-5-22(16)36-27(28)29)33-12-18(7-9-24(33)31-15)17-6-8-23(30-11-17)32-13-19-20(14-32)25(19)26(34)35/h2-9,11-12,19-20,25,27H,10,13-14H2,1H3,(H,34,35)/t19-,20+,25?. The van der Waals surface area contributed by atoms with Crippen molar-refractivity contribution in [3.8, 4) is 16.9 Å². The van der Waals surface area contributed by atoms with Gasteiger partial charge in [-0.2, -0.15) is 8.78 Å². The van der Waals surface area contributed by atoms with Gasteiger partial charge in [0.05, 0.1) is 11.6 Å². The number of anilines is 1. The number of aliphatic carboxylic acids is 1. The number of imidazole rings is 1. The number of hydrogen-bond donors (Lipinski definition) is 1. The number of hydrogen-bond acceptors (Lipinski definition) is 5. The predicted octanol–water partition coefficient (Wildman–Crippen LogP) is 4.66. The highest BCUT2D eigenvalue weighted by Gasteiger charge is 2.59. The van der Waals surface area contributed by atoms with Gasteiger partial charge in [-0.05, 0) is 49.1 Å². The van der Waals surface area contributed by atoms with E-state index in [0.29, 0.717) is 12.0 Å². The van der Waals surface area contributed by atoms with Crippen molar-refractivity contribution >= 4 is 17.4 Å². The molecule has 0 spiro atoms. The maximum absolute atomic E-state index is 12.9. The Hall–Kier alpha value is -4.01. The number of aromatic nitrogens is 3. The van der Waals surface area contributed by atoms with Crippen molar-refractivity contribution in [1.29, 1.82) is 0 Å². The molecule has 0 amide bonds. The number of alkyl halides is 2. The van der Waals surface area contributed by atoms with E-state index in [1.54, 1.807) is 24.3 Å². The van der Waals surface area contributed by atoms with Crippen LogP contribution >= 0.6 is 0 Å². The molecular formula is C27H24F2N4O3. The van der Waals surface area contributed by atoms with Crippen LogP contribution in [0.2, 0.25) is 0 Å². The number of fused-ring (bicyclic) bond motifs is 2. The number of pyridine rings is 2. The highest BCUT2D eigenvalue weighted by atomic mass is 19.3. The molecule has 184 valence electrons. The Balaban J connectivity index is 1.25. The lowest BCUT2D eigenvalue weighted by atomic mass is 10.1. The molecular weight excluding hydrogens is 466 g/mol. The van der Waals surface area contributed by atoms with Crippen molar-refractivity contribution in [2.75, 3.05) is 18.0 Å². The van der Waals surface area contributed by atoms with E-state index in [0.717, 1.165) is 47.1 Å². The SMILES string of the molecule is Cc1nc2ccc(-c3ccc(N4C[C@@H]5C(C(=O)O)[C@@H]5C4)nc3)cn2c1Cc1ccccc1OC(F)F. The van der Waals surface area contributed by atoms with Crippen molar-refractivity contribution in [2.45, 2.75) is 20.0 Å². The number of halogens is 2. The van der Waals surface area contributed by atoms with Gasteiger partial charge in [0, 0.05) is 54.3 Å². The maximum Gasteiger partial charge on any atom is 0.387 e. The molecule has 7 nitrogen and oxygen atoms in total. The molecule has 1 aliphatic carbocycles. The Kier molecular flexibility index (Phi) is 5.35. The minimum atomic E-state index is -2.89. The van der Waals surface area contributed by atoms with Crippen molar-refractivity contribution in [1.82, 2.24) is 14.4 Å². The summed E-state index contributed by atoms with van der Waals surface area (Å²) in [7, 11) is 0. The molecule has 1 aromatic carbocycles. The Morgan fingerprint density at radius 1 is 1.11 bits per heavy atom. The van der Waals surface area contributed by atoms with Gasteiger partial charge in [-0.25, -0.2) is 9.97 Å². The van der Waals surface area contributed by atoms with Crippen LogP contribution in [0, 0.1) is 24.7 Å². The van der Waals surface area contributed by atoms with Crippen LogP contribution in [0.25, 0.3) is 16.8 Å². The number of piperidine rings is 1. The third-order valence-electron chi connectivity index (χ3n) is 7.35. The van der Waals surface area contributed by atoms with Crippen LogP contribution in [0.3, 0.4) is 0 Å². The van der Waals surface area contributed by atoms with Gasteiger partial charge < -0.3 is 19.1 Å². The van der Waals surface area contributed by atoms with E-state index in [1.165, 1.54) is 0 Å². The number of benzene rings is 1. The molecule has 2 aliphatic rings. The highest BCUT2D eigenvalue weighted by molar-refractivity contribution is 5.75. The number of para-hydroxylation sites is 1. The quantitative estimate of drug-likeness (QED) is 0.406. The third-order valence-corrected chi connectivity index (χ3v) is 7.35. The van der Waals surface area contributed by atoms with Crippen molar-refractivity contribution in [3.63, 3.8) is 0 Å². The zero-order valence-corrected chi connectivity index (χ0v) is 19.5. The number of aryl methyl sites for hydroxylation is 1. The van der Waals surface area contributed by atoms with Crippen molar-refractivity contribution in [2.24, 2.45) is 17.8 Å². The average Bonchev–Trinajstić information content (AvgIpc) is 3.21. The minimum absolute atomic E-state index is 0.159. The van der Waals surface area contributed by atoms with Gasteiger partial charge in [-0.3, -0.25) is 4.79 Å². The van der Waals surface area contributed by atoms with Crippen LogP contribution in [0.1, 0.15) is 17.0 Å². The van der Waals surface area contributed by atoms with E-state index < -0.39 is 12.6 Å². The largest absolute Gasteiger partial charge is 0.481 e. The summed E-state index contributed by atoms with van der Waals surface area (Å²) in [5, 5.41) is 9.23. The molecule has 1 saturated carbocycles. The maximum atomic E-state index is 12.9. The fourth-order valence-corrected chi connectivity index (χ4v) is 5.46. The third kappa shape index (κ3) is 3.94. The van der Waals surface area contributed by atoms with Crippen LogP contribution in [-0.4, -0.2) is 45.1 Å². The average molecular weight is 491 g/mol. The minimum Gasteiger partial charge on any atom is -0.481 e. The zero-order valence-electron chi connectivity index (χ0n) is 19.5. The summed E-state index contributed by atoms with van der Waals surface area (Å²) < 4.78 is 32.5. The summed E-state index contributed by atoms with van der Waals surface area (Å²) in [5.41, 5.74) is 5.03. The van der Waals surface area contributed by atoms with Gasteiger partial charge in [0.25, 0.3) is 0 Å². The second-order valence-corrected chi connectivity index (χ2v) is 9.45. The summed E-state index contributed by atoms with van der Waals surface area (Å²) in [6.07, 6.45) is 4.20. The monoisotopic (exact) mass is 490 g/mol. The Bertz CT molecular complexity index is 1440. The number of carboxylic acids is 1.